The van der Waals surface area contributed by atoms with E-state index in [4.69, 9.17) is 10.5 Å². The van der Waals surface area contributed by atoms with Gasteiger partial charge in [-0.1, -0.05) is 5.92 Å². The monoisotopic (exact) mass is 127 g/mol. The van der Waals surface area contributed by atoms with E-state index < -0.39 is 0 Å². The summed E-state index contributed by atoms with van der Waals surface area (Å²) in [5.74, 6) is 5.69. The van der Waals surface area contributed by atoms with Crippen molar-refractivity contribution in [1.82, 2.24) is 0 Å². The summed E-state index contributed by atoms with van der Waals surface area (Å²) >= 11 is 0. The first-order valence-corrected chi connectivity index (χ1v) is 3.06. The highest BCUT2D eigenvalue weighted by Gasteiger charge is 1.78. The predicted molar refractivity (Wildman–Crippen MR) is 37.9 cm³/mol. The molecule has 0 heterocycles. The summed E-state index contributed by atoms with van der Waals surface area (Å²) in [7, 11) is 1.69. The Morgan fingerprint density at radius 1 is 1.44 bits per heavy atom. The normalized spacial score (nSPS) is 8.22. The van der Waals surface area contributed by atoms with E-state index >= 15 is 0 Å². The van der Waals surface area contributed by atoms with Crippen LogP contribution in [0.5, 0.6) is 0 Å². The highest BCUT2D eigenvalue weighted by Crippen LogP contribution is 1.84. The number of nitrogens with two attached hydrogens (primary N) is 1. The maximum Gasteiger partial charge on any atom is 0.0551 e. The molecule has 0 saturated carbocycles. The Balaban J connectivity index is 2.90. The molecule has 0 aromatic heterocycles. The van der Waals surface area contributed by atoms with Gasteiger partial charge in [-0.25, -0.2) is 0 Å². The lowest BCUT2D eigenvalue weighted by atomic mass is 10.3. The third kappa shape index (κ3) is 7.48. The first-order chi connectivity index (χ1) is 4.41. The highest BCUT2D eigenvalue weighted by molar-refractivity contribution is 4.99. The summed E-state index contributed by atoms with van der Waals surface area (Å²) < 4.78 is 4.82. The van der Waals surface area contributed by atoms with Gasteiger partial charge in [0.2, 0.25) is 0 Å². The molecule has 0 atom stereocenters. The number of hydrogen-bond acceptors (Lipinski definition) is 2. The standard InChI is InChI=1S/C7H13NO/c1-9-7-5-3-2-4-6-8/h3,5-8H2,1H3. The van der Waals surface area contributed by atoms with E-state index in [1.54, 1.807) is 7.11 Å². The average Bonchev–Trinajstić information content (AvgIpc) is 1.89. The van der Waals surface area contributed by atoms with E-state index in [1.807, 2.05) is 0 Å². The number of hydrogen-bond donors (Lipinski definition) is 1. The van der Waals surface area contributed by atoms with Gasteiger partial charge in [0.15, 0.2) is 0 Å². The average molecular weight is 127 g/mol. The van der Waals surface area contributed by atoms with Crippen LogP contribution in [0.2, 0.25) is 0 Å². The van der Waals surface area contributed by atoms with Crippen LogP contribution in [0.15, 0.2) is 0 Å². The molecule has 2 nitrogen and oxygen atoms in total. The largest absolute Gasteiger partial charge is 0.385 e. The molecule has 2 N–H and O–H groups in total. The molecular formula is C7H13NO. The molecule has 0 bridgehead atoms. The predicted octanol–water partition coefficient (Wildman–Crippen LogP) is 0.375. The Kier molecular flexibility index (Phi) is 7.05. The van der Waals surface area contributed by atoms with Crippen molar-refractivity contribution in [3.63, 3.8) is 0 Å². The van der Waals surface area contributed by atoms with Crippen LogP contribution < -0.4 is 5.73 Å². The van der Waals surface area contributed by atoms with Crippen LogP contribution >= 0.6 is 0 Å². The van der Waals surface area contributed by atoms with E-state index in [-0.39, 0.29) is 0 Å². The number of ether oxygens (including phenoxy) is 1. The second kappa shape index (κ2) is 7.48. The first-order valence-electron chi connectivity index (χ1n) is 3.06. The lowest BCUT2D eigenvalue weighted by molar-refractivity contribution is 0.196. The molecule has 0 rings (SSSR count). The topological polar surface area (TPSA) is 35.2 Å². The van der Waals surface area contributed by atoms with Gasteiger partial charge in [0, 0.05) is 20.1 Å². The van der Waals surface area contributed by atoms with Gasteiger partial charge in [0.25, 0.3) is 0 Å². The Bertz CT molecular complexity index is 101. The van der Waals surface area contributed by atoms with Crippen molar-refractivity contribution in [3.05, 3.63) is 0 Å². The molecule has 0 fully saturated rings. The molecule has 0 spiro atoms. The summed E-state index contributed by atoms with van der Waals surface area (Å²) in [4.78, 5) is 0. The second-order valence-electron chi connectivity index (χ2n) is 1.65. The van der Waals surface area contributed by atoms with Crippen molar-refractivity contribution < 1.29 is 4.74 Å². The molecule has 0 amide bonds. The molecule has 0 radical (unpaired) electrons. The fraction of sp³-hybridized carbons (Fsp3) is 0.714. The molecule has 0 aliphatic rings. The van der Waals surface area contributed by atoms with Gasteiger partial charge in [-0.05, 0) is 6.42 Å². The number of methoxy groups -OCH3 is 1. The van der Waals surface area contributed by atoms with Crippen molar-refractivity contribution in [2.75, 3.05) is 20.3 Å². The van der Waals surface area contributed by atoms with Crippen LogP contribution in [-0.2, 0) is 4.74 Å². The Morgan fingerprint density at radius 3 is 2.78 bits per heavy atom. The minimum atomic E-state index is 0.465. The van der Waals surface area contributed by atoms with Crippen molar-refractivity contribution >= 4 is 0 Å². The Morgan fingerprint density at radius 2 is 2.22 bits per heavy atom. The highest BCUT2D eigenvalue weighted by atomic mass is 16.5. The Labute approximate surface area is 56.4 Å². The summed E-state index contributed by atoms with van der Waals surface area (Å²) in [5, 5.41) is 0. The van der Waals surface area contributed by atoms with Crippen LogP contribution in [0.1, 0.15) is 12.8 Å². The maximum atomic E-state index is 5.14. The lowest BCUT2D eigenvalue weighted by Gasteiger charge is -1.90. The molecule has 0 aromatic rings. The van der Waals surface area contributed by atoms with Crippen LogP contribution in [0.3, 0.4) is 0 Å². The van der Waals surface area contributed by atoms with Gasteiger partial charge in [-0.2, -0.15) is 0 Å². The fourth-order valence-electron chi connectivity index (χ4n) is 0.465. The van der Waals surface area contributed by atoms with E-state index in [9.17, 15) is 0 Å². The van der Waals surface area contributed by atoms with E-state index in [2.05, 4.69) is 11.8 Å². The zero-order chi connectivity index (χ0) is 6.95. The third-order valence-corrected chi connectivity index (χ3v) is 0.877. The van der Waals surface area contributed by atoms with E-state index in [0.717, 1.165) is 19.4 Å². The van der Waals surface area contributed by atoms with Crippen LogP contribution in [0.4, 0.5) is 0 Å². The molecule has 52 valence electrons. The molecular weight excluding hydrogens is 114 g/mol. The van der Waals surface area contributed by atoms with Crippen LogP contribution in [-0.4, -0.2) is 20.3 Å². The number of rotatable bonds is 3. The molecule has 2 heteroatoms. The summed E-state index contributed by atoms with van der Waals surface area (Å²) in [6.07, 6.45) is 1.90. The van der Waals surface area contributed by atoms with Gasteiger partial charge in [0.1, 0.15) is 0 Å². The zero-order valence-electron chi connectivity index (χ0n) is 5.81. The van der Waals surface area contributed by atoms with Gasteiger partial charge >= 0.3 is 0 Å². The van der Waals surface area contributed by atoms with Crippen molar-refractivity contribution in [2.45, 2.75) is 12.8 Å². The molecule has 0 aliphatic heterocycles. The third-order valence-electron chi connectivity index (χ3n) is 0.877. The van der Waals surface area contributed by atoms with Gasteiger partial charge in [-0.15, -0.1) is 5.92 Å². The minimum Gasteiger partial charge on any atom is -0.385 e. The Hall–Kier alpha value is -0.520. The minimum absolute atomic E-state index is 0.465. The molecule has 9 heavy (non-hydrogen) atoms. The van der Waals surface area contributed by atoms with Gasteiger partial charge < -0.3 is 10.5 Å². The molecule has 0 aliphatic carbocycles. The van der Waals surface area contributed by atoms with Gasteiger partial charge in [-0.3, -0.25) is 0 Å². The van der Waals surface area contributed by atoms with Gasteiger partial charge in [0.05, 0.1) is 6.54 Å². The van der Waals surface area contributed by atoms with Crippen molar-refractivity contribution in [2.24, 2.45) is 5.73 Å². The van der Waals surface area contributed by atoms with E-state index in [1.165, 1.54) is 0 Å². The number of unbranched alkanes of at least 4 members (excludes halogenated alkanes) is 1. The zero-order valence-corrected chi connectivity index (χ0v) is 5.81. The smallest absolute Gasteiger partial charge is 0.0551 e. The van der Waals surface area contributed by atoms with Crippen LogP contribution in [0.25, 0.3) is 0 Å². The lowest BCUT2D eigenvalue weighted by Crippen LogP contribution is -1.93. The second-order valence-corrected chi connectivity index (χ2v) is 1.65. The molecule has 0 aromatic carbocycles. The SMILES string of the molecule is COCCCC#CCN. The summed E-state index contributed by atoms with van der Waals surface area (Å²) in [5.41, 5.74) is 5.14. The van der Waals surface area contributed by atoms with Crippen molar-refractivity contribution in [1.29, 1.82) is 0 Å². The van der Waals surface area contributed by atoms with Crippen LogP contribution in [0, 0.1) is 11.8 Å². The van der Waals surface area contributed by atoms with Crippen molar-refractivity contribution in [3.8, 4) is 11.8 Å². The summed E-state index contributed by atoms with van der Waals surface area (Å²) in [6.45, 7) is 1.26. The maximum absolute atomic E-state index is 5.14. The quantitative estimate of drug-likeness (QED) is 0.439. The molecule has 0 unspecified atom stereocenters. The van der Waals surface area contributed by atoms with E-state index in [0.29, 0.717) is 6.54 Å². The first kappa shape index (κ1) is 8.48. The summed E-state index contributed by atoms with van der Waals surface area (Å²) in [6, 6.07) is 0. The molecule has 0 saturated heterocycles. The fourth-order valence-corrected chi connectivity index (χ4v) is 0.465.